The third-order valence-electron chi connectivity index (χ3n) is 1.25. The molecule has 0 heterocycles. The van der Waals surface area contributed by atoms with Crippen LogP contribution in [0.25, 0.3) is 6.08 Å². The van der Waals surface area contributed by atoms with Crippen molar-refractivity contribution >= 4 is 6.08 Å². The van der Waals surface area contributed by atoms with Crippen molar-refractivity contribution in [1.29, 1.82) is 0 Å². The van der Waals surface area contributed by atoms with E-state index in [0.29, 0.717) is 0 Å². The number of hydrogen-bond acceptors (Lipinski definition) is 0. The van der Waals surface area contributed by atoms with E-state index in [1.807, 2.05) is 18.2 Å². The predicted molar refractivity (Wildman–Crippen MR) is 43.3 cm³/mol. The molecule has 0 amide bonds. The maximum atomic E-state index is 5.21. The second-order valence-corrected chi connectivity index (χ2v) is 1.85. The van der Waals surface area contributed by atoms with E-state index < -0.39 is 0 Å². The Kier molecular flexibility index (Phi) is 1.92. The molecule has 10 heavy (non-hydrogen) atoms. The zero-order valence-corrected chi connectivity index (χ0v) is 5.59. The van der Waals surface area contributed by atoms with Gasteiger partial charge in [0.15, 0.2) is 0 Å². The first-order chi connectivity index (χ1) is 4.88. The molecule has 0 unspecified atom stereocenters. The highest BCUT2D eigenvalue weighted by Crippen LogP contribution is 2.06. The summed E-state index contributed by atoms with van der Waals surface area (Å²) in [5, 5.41) is 0. The largest absolute Gasteiger partial charge is 0.115 e. The molecular formula is C10H7. The van der Waals surface area contributed by atoms with Crippen LogP contribution in [0.4, 0.5) is 0 Å². The normalized spacial score (nSPS) is 8.30. The van der Waals surface area contributed by atoms with E-state index in [4.69, 9.17) is 6.42 Å². The van der Waals surface area contributed by atoms with Crippen LogP contribution in [-0.4, -0.2) is 0 Å². The Morgan fingerprint density at radius 3 is 3.00 bits per heavy atom. The molecule has 1 aromatic rings. The molecule has 0 nitrogen and oxygen atoms in total. The maximum absolute atomic E-state index is 5.21. The van der Waals surface area contributed by atoms with Crippen molar-refractivity contribution in [2.24, 2.45) is 0 Å². The van der Waals surface area contributed by atoms with Gasteiger partial charge in [-0.05, 0) is 17.7 Å². The van der Waals surface area contributed by atoms with E-state index in [0.717, 1.165) is 11.1 Å². The van der Waals surface area contributed by atoms with E-state index in [1.54, 1.807) is 6.08 Å². The lowest BCUT2D eigenvalue weighted by atomic mass is 10.1. The molecule has 0 aliphatic rings. The average molecular weight is 127 g/mol. The Balaban J connectivity index is 3.24. The molecule has 0 fully saturated rings. The molecule has 1 radical (unpaired) electrons. The van der Waals surface area contributed by atoms with E-state index in [1.165, 1.54) is 0 Å². The van der Waals surface area contributed by atoms with Gasteiger partial charge in [0.2, 0.25) is 0 Å². The van der Waals surface area contributed by atoms with Crippen LogP contribution in [0.2, 0.25) is 0 Å². The first-order valence-corrected chi connectivity index (χ1v) is 2.98. The lowest BCUT2D eigenvalue weighted by Crippen LogP contribution is -1.78. The predicted octanol–water partition coefficient (Wildman–Crippen LogP) is 2.11. The number of hydrogen-bond donors (Lipinski definition) is 0. The third kappa shape index (κ3) is 1.09. The monoisotopic (exact) mass is 127 g/mol. The highest BCUT2D eigenvalue weighted by Gasteiger charge is 1.90. The van der Waals surface area contributed by atoms with Crippen LogP contribution in [0.5, 0.6) is 0 Å². The summed E-state index contributed by atoms with van der Waals surface area (Å²) in [5.74, 6) is 2.54. The smallest absolute Gasteiger partial charge is 0.0321 e. The minimum Gasteiger partial charge on any atom is -0.115 e. The molecule has 0 saturated heterocycles. The number of rotatable bonds is 1. The van der Waals surface area contributed by atoms with Crippen LogP contribution in [0, 0.1) is 18.4 Å². The average Bonchev–Trinajstić information content (AvgIpc) is 2.04. The molecule has 0 aliphatic carbocycles. The van der Waals surface area contributed by atoms with Gasteiger partial charge in [-0.25, -0.2) is 0 Å². The minimum atomic E-state index is 0.845. The Labute approximate surface area is 61.2 Å². The summed E-state index contributed by atoms with van der Waals surface area (Å²) >= 11 is 0. The fraction of sp³-hybridized carbons (Fsp3) is 0. The quantitative estimate of drug-likeness (QED) is 0.507. The van der Waals surface area contributed by atoms with Crippen molar-refractivity contribution in [2.45, 2.75) is 0 Å². The van der Waals surface area contributed by atoms with Gasteiger partial charge >= 0.3 is 0 Å². The lowest BCUT2D eigenvalue weighted by Gasteiger charge is -1.93. The van der Waals surface area contributed by atoms with E-state index in [-0.39, 0.29) is 0 Å². The van der Waals surface area contributed by atoms with Gasteiger partial charge in [0.1, 0.15) is 0 Å². The molecule has 0 aliphatic heterocycles. The summed E-state index contributed by atoms with van der Waals surface area (Å²) in [6.07, 6.45) is 6.91. The summed E-state index contributed by atoms with van der Waals surface area (Å²) in [5.41, 5.74) is 1.74. The summed E-state index contributed by atoms with van der Waals surface area (Å²) < 4.78 is 0. The molecule has 0 saturated carbocycles. The van der Waals surface area contributed by atoms with E-state index in [9.17, 15) is 0 Å². The highest BCUT2D eigenvalue weighted by molar-refractivity contribution is 5.56. The van der Waals surface area contributed by atoms with E-state index >= 15 is 0 Å². The van der Waals surface area contributed by atoms with Gasteiger partial charge in [0.05, 0.1) is 0 Å². The summed E-state index contributed by atoms with van der Waals surface area (Å²) in [6.45, 7) is 3.61. The Bertz CT molecular complexity index is 276. The molecule has 0 spiro atoms. The zero-order valence-electron chi connectivity index (χ0n) is 5.59. The first kappa shape index (κ1) is 6.64. The van der Waals surface area contributed by atoms with Crippen molar-refractivity contribution in [3.8, 4) is 12.3 Å². The van der Waals surface area contributed by atoms with Gasteiger partial charge in [0.25, 0.3) is 0 Å². The Morgan fingerprint density at radius 2 is 2.50 bits per heavy atom. The van der Waals surface area contributed by atoms with Crippen LogP contribution in [0.15, 0.2) is 24.8 Å². The maximum Gasteiger partial charge on any atom is 0.0321 e. The molecule has 0 aromatic heterocycles. The lowest BCUT2D eigenvalue weighted by molar-refractivity contribution is 1.59. The zero-order chi connectivity index (χ0) is 7.40. The highest BCUT2D eigenvalue weighted by atomic mass is 13.9. The molecule has 1 aromatic carbocycles. The molecule has 0 atom stereocenters. The van der Waals surface area contributed by atoms with Crippen LogP contribution in [0.1, 0.15) is 11.1 Å². The second-order valence-electron chi connectivity index (χ2n) is 1.85. The fourth-order valence-electron chi connectivity index (χ4n) is 0.745. The van der Waals surface area contributed by atoms with E-state index in [2.05, 4.69) is 18.6 Å². The van der Waals surface area contributed by atoms with Crippen LogP contribution < -0.4 is 0 Å². The van der Waals surface area contributed by atoms with Gasteiger partial charge in [-0.3, -0.25) is 0 Å². The summed E-state index contributed by atoms with van der Waals surface area (Å²) in [6, 6.07) is 8.53. The van der Waals surface area contributed by atoms with Gasteiger partial charge in [-0.2, -0.15) is 0 Å². The van der Waals surface area contributed by atoms with Gasteiger partial charge in [-0.15, -0.1) is 6.42 Å². The number of benzene rings is 1. The van der Waals surface area contributed by atoms with Crippen molar-refractivity contribution in [2.75, 3.05) is 0 Å². The molecule has 47 valence electrons. The molecular weight excluding hydrogens is 120 g/mol. The standard InChI is InChI=1S/C10H7/c1-3-9-7-5-6-8-10(9)4-2/h1,4-7H,2H2. The summed E-state index contributed by atoms with van der Waals surface area (Å²) in [4.78, 5) is 0. The van der Waals surface area contributed by atoms with Crippen LogP contribution in [-0.2, 0) is 0 Å². The molecule has 0 N–H and O–H groups in total. The molecule has 0 heteroatoms. The van der Waals surface area contributed by atoms with Crippen molar-refractivity contribution < 1.29 is 0 Å². The van der Waals surface area contributed by atoms with Crippen molar-refractivity contribution in [1.82, 2.24) is 0 Å². The van der Waals surface area contributed by atoms with Crippen LogP contribution in [0.3, 0.4) is 0 Å². The van der Waals surface area contributed by atoms with Crippen molar-refractivity contribution in [3.05, 3.63) is 42.0 Å². The second kappa shape index (κ2) is 2.89. The fourth-order valence-corrected chi connectivity index (χ4v) is 0.745. The number of terminal acetylenes is 1. The first-order valence-electron chi connectivity index (χ1n) is 2.98. The topological polar surface area (TPSA) is 0 Å². The molecule has 0 bridgehead atoms. The SMILES string of the molecule is C#Cc1ccc[c]c1C=C. The Hall–Kier alpha value is -1.48. The minimum absolute atomic E-state index is 0.845. The third-order valence-corrected chi connectivity index (χ3v) is 1.25. The van der Waals surface area contributed by atoms with Gasteiger partial charge in [0, 0.05) is 5.56 Å². The van der Waals surface area contributed by atoms with Gasteiger partial charge < -0.3 is 0 Å². The van der Waals surface area contributed by atoms with Gasteiger partial charge in [-0.1, -0.05) is 30.7 Å². The van der Waals surface area contributed by atoms with Crippen LogP contribution >= 0.6 is 0 Å². The summed E-state index contributed by atoms with van der Waals surface area (Å²) in [7, 11) is 0. The molecule has 1 rings (SSSR count). The Morgan fingerprint density at radius 1 is 1.70 bits per heavy atom. The van der Waals surface area contributed by atoms with Crippen molar-refractivity contribution in [3.63, 3.8) is 0 Å².